The molecule has 2 aromatic heterocycles. The average Bonchev–Trinajstić information content (AvgIpc) is 3.07. The van der Waals surface area contributed by atoms with Gasteiger partial charge in [0.25, 0.3) is 5.56 Å². The summed E-state index contributed by atoms with van der Waals surface area (Å²) >= 11 is 5.10. The smallest absolute Gasteiger partial charge is 0.283 e. The predicted octanol–water partition coefficient (Wildman–Crippen LogP) is 3.65. The summed E-state index contributed by atoms with van der Waals surface area (Å²) in [7, 11) is 0. The quantitative estimate of drug-likeness (QED) is 0.892. The monoisotopic (exact) mass is 353 g/mol. The highest BCUT2D eigenvalue weighted by atomic mass is 79.9. The van der Waals surface area contributed by atoms with Crippen LogP contribution in [0.2, 0.25) is 0 Å². The molecular weight excluding hydrogens is 338 g/mol. The van der Waals surface area contributed by atoms with Gasteiger partial charge in [0.1, 0.15) is 4.47 Å². The first-order valence-electron chi connectivity index (χ1n) is 6.70. The highest BCUT2D eigenvalue weighted by Gasteiger charge is 2.23. The van der Waals surface area contributed by atoms with Gasteiger partial charge in [0.2, 0.25) is 0 Å². The van der Waals surface area contributed by atoms with Crippen LogP contribution in [0.4, 0.5) is 5.69 Å². The molecule has 2 aromatic rings. The molecular formula is C14H16BrN3OS. The summed E-state index contributed by atoms with van der Waals surface area (Å²) in [6, 6.07) is 4.27. The Morgan fingerprint density at radius 1 is 1.60 bits per heavy atom. The number of hydrogen-bond donors (Lipinski definition) is 1. The summed E-state index contributed by atoms with van der Waals surface area (Å²) in [4.78, 5) is 13.5. The second kappa shape index (κ2) is 5.69. The summed E-state index contributed by atoms with van der Waals surface area (Å²) < 4.78 is 2.12. The number of hydrogen-bond acceptors (Lipinski definition) is 4. The number of anilines is 1. The Morgan fingerprint density at radius 3 is 3.05 bits per heavy atom. The lowest BCUT2D eigenvalue weighted by molar-refractivity contribution is 0.531. The molecule has 1 atom stereocenters. The molecule has 20 heavy (non-hydrogen) atoms. The van der Waals surface area contributed by atoms with Gasteiger partial charge in [-0.3, -0.25) is 4.79 Å². The van der Waals surface area contributed by atoms with Crippen LogP contribution in [0.3, 0.4) is 0 Å². The van der Waals surface area contributed by atoms with E-state index in [2.05, 4.69) is 44.7 Å². The first-order chi connectivity index (χ1) is 9.65. The van der Waals surface area contributed by atoms with Crippen molar-refractivity contribution in [3.63, 3.8) is 0 Å². The van der Waals surface area contributed by atoms with Gasteiger partial charge in [-0.1, -0.05) is 6.07 Å². The second-order valence-electron chi connectivity index (χ2n) is 5.18. The van der Waals surface area contributed by atoms with Gasteiger partial charge >= 0.3 is 0 Å². The zero-order valence-corrected chi connectivity index (χ0v) is 13.6. The molecule has 2 heterocycles. The summed E-state index contributed by atoms with van der Waals surface area (Å²) in [6.45, 7) is 2.81. The van der Waals surface area contributed by atoms with E-state index < -0.39 is 0 Å². The van der Waals surface area contributed by atoms with Gasteiger partial charge in [-0.2, -0.15) is 5.10 Å². The predicted molar refractivity (Wildman–Crippen MR) is 85.3 cm³/mol. The van der Waals surface area contributed by atoms with Gasteiger partial charge in [0.05, 0.1) is 17.9 Å². The average molecular weight is 354 g/mol. The van der Waals surface area contributed by atoms with E-state index >= 15 is 0 Å². The third-order valence-corrected chi connectivity index (χ3v) is 5.28. The fourth-order valence-corrected chi connectivity index (χ4v) is 3.24. The molecule has 1 saturated carbocycles. The Balaban J connectivity index is 1.79. The largest absolute Gasteiger partial charge is 0.375 e. The van der Waals surface area contributed by atoms with E-state index in [0.29, 0.717) is 10.4 Å². The molecule has 3 rings (SSSR count). The normalized spacial score (nSPS) is 16.1. The lowest BCUT2D eigenvalue weighted by atomic mass is 10.2. The number of thiophene rings is 1. The third kappa shape index (κ3) is 2.96. The molecule has 0 spiro atoms. The van der Waals surface area contributed by atoms with E-state index in [1.54, 1.807) is 22.2 Å². The molecule has 0 amide bonds. The number of halogens is 1. The van der Waals surface area contributed by atoms with Gasteiger partial charge in [0.15, 0.2) is 0 Å². The number of rotatable bonds is 5. The van der Waals surface area contributed by atoms with E-state index in [-0.39, 0.29) is 11.6 Å². The maximum absolute atomic E-state index is 12.2. The van der Waals surface area contributed by atoms with Crippen LogP contribution >= 0.6 is 27.3 Å². The van der Waals surface area contributed by atoms with Crippen molar-refractivity contribution in [2.75, 3.05) is 5.32 Å². The van der Waals surface area contributed by atoms with Crippen LogP contribution in [0.1, 0.15) is 30.7 Å². The molecule has 0 radical (unpaired) electrons. The molecule has 0 bridgehead atoms. The van der Waals surface area contributed by atoms with Gasteiger partial charge in [-0.25, -0.2) is 4.68 Å². The van der Waals surface area contributed by atoms with E-state index in [0.717, 1.165) is 12.2 Å². The second-order valence-corrected chi connectivity index (χ2v) is 6.96. The topological polar surface area (TPSA) is 46.9 Å². The van der Waals surface area contributed by atoms with Crippen LogP contribution in [0.15, 0.2) is 33.0 Å². The van der Waals surface area contributed by atoms with Crippen molar-refractivity contribution < 1.29 is 0 Å². The van der Waals surface area contributed by atoms with Crippen LogP contribution in [0.25, 0.3) is 0 Å². The highest BCUT2D eigenvalue weighted by Crippen LogP contribution is 2.30. The van der Waals surface area contributed by atoms with E-state index in [1.807, 2.05) is 6.07 Å². The SMILES string of the molecule is CC(Nc1cnn(CC2CC2)c(=O)c1Br)c1cccs1. The first kappa shape index (κ1) is 13.8. The summed E-state index contributed by atoms with van der Waals surface area (Å²) in [5.74, 6) is 0.635. The fourth-order valence-electron chi connectivity index (χ4n) is 2.08. The minimum atomic E-state index is -0.0553. The van der Waals surface area contributed by atoms with E-state index in [1.165, 1.54) is 17.7 Å². The van der Waals surface area contributed by atoms with E-state index in [4.69, 9.17) is 0 Å². The summed E-state index contributed by atoms with van der Waals surface area (Å²) in [6.07, 6.45) is 4.15. The minimum absolute atomic E-state index is 0.0553. The zero-order valence-electron chi connectivity index (χ0n) is 11.2. The van der Waals surface area contributed by atoms with Crippen molar-refractivity contribution in [3.8, 4) is 0 Å². The van der Waals surface area contributed by atoms with Crippen molar-refractivity contribution in [3.05, 3.63) is 43.4 Å². The Labute approximate surface area is 130 Å². The molecule has 0 saturated heterocycles. The molecule has 0 aromatic carbocycles. The highest BCUT2D eigenvalue weighted by molar-refractivity contribution is 9.10. The standard InChI is InChI=1S/C14H16BrN3OS/c1-9(12-3-2-6-20-12)17-11-7-16-18(8-10-4-5-10)14(19)13(11)15/h2-3,6-7,9-10,17H,4-5,8H2,1H3. The maximum Gasteiger partial charge on any atom is 0.283 e. The molecule has 1 N–H and O–H groups in total. The van der Waals surface area contributed by atoms with Crippen LogP contribution < -0.4 is 10.9 Å². The number of aromatic nitrogens is 2. The van der Waals surface area contributed by atoms with E-state index in [9.17, 15) is 4.79 Å². The molecule has 0 aliphatic heterocycles. The van der Waals surface area contributed by atoms with Gasteiger partial charge in [0, 0.05) is 11.4 Å². The lowest BCUT2D eigenvalue weighted by Gasteiger charge is -2.15. The van der Waals surface area contributed by atoms with Crippen LogP contribution in [0.5, 0.6) is 0 Å². The van der Waals surface area contributed by atoms with Crippen LogP contribution in [-0.4, -0.2) is 9.78 Å². The van der Waals surface area contributed by atoms with Crippen molar-refractivity contribution in [2.45, 2.75) is 32.4 Å². The Bertz CT molecular complexity index is 649. The lowest BCUT2D eigenvalue weighted by Crippen LogP contribution is -2.25. The molecule has 1 unspecified atom stereocenters. The first-order valence-corrected chi connectivity index (χ1v) is 8.38. The fraction of sp³-hybridized carbons (Fsp3) is 0.429. The molecule has 1 fully saturated rings. The summed E-state index contributed by atoms with van der Waals surface area (Å²) in [5, 5.41) is 9.66. The zero-order chi connectivity index (χ0) is 14.1. The van der Waals surface area contributed by atoms with Crippen LogP contribution in [0, 0.1) is 5.92 Å². The minimum Gasteiger partial charge on any atom is -0.375 e. The Morgan fingerprint density at radius 2 is 2.40 bits per heavy atom. The summed E-state index contributed by atoms with van der Waals surface area (Å²) in [5.41, 5.74) is 0.697. The molecule has 6 heteroatoms. The van der Waals surface area contributed by atoms with Gasteiger partial charge < -0.3 is 5.32 Å². The Hall–Kier alpha value is -1.14. The Kier molecular flexibility index (Phi) is 3.94. The van der Waals surface area contributed by atoms with Crippen molar-refractivity contribution in [1.82, 2.24) is 9.78 Å². The number of nitrogens with one attached hydrogen (secondary N) is 1. The van der Waals surface area contributed by atoms with Gasteiger partial charge in [-0.15, -0.1) is 11.3 Å². The van der Waals surface area contributed by atoms with Crippen molar-refractivity contribution >= 4 is 33.0 Å². The molecule has 4 nitrogen and oxygen atoms in total. The van der Waals surface area contributed by atoms with Crippen LogP contribution in [-0.2, 0) is 6.54 Å². The van der Waals surface area contributed by atoms with Gasteiger partial charge in [-0.05, 0) is 53.1 Å². The molecule has 1 aliphatic rings. The van der Waals surface area contributed by atoms with Crippen molar-refractivity contribution in [2.24, 2.45) is 5.92 Å². The third-order valence-electron chi connectivity index (χ3n) is 3.45. The molecule has 1 aliphatic carbocycles. The number of nitrogens with zero attached hydrogens (tertiary/aromatic N) is 2. The van der Waals surface area contributed by atoms with Crippen molar-refractivity contribution in [1.29, 1.82) is 0 Å². The maximum atomic E-state index is 12.2. The molecule has 106 valence electrons.